The number of halogens is 3. The van der Waals surface area contributed by atoms with Gasteiger partial charge in [0, 0.05) is 24.8 Å². The van der Waals surface area contributed by atoms with Crippen LogP contribution in [-0.2, 0) is 11.0 Å². The van der Waals surface area contributed by atoms with Crippen molar-refractivity contribution in [1.82, 2.24) is 19.9 Å². The van der Waals surface area contributed by atoms with Crippen LogP contribution in [0.2, 0.25) is 0 Å². The molecule has 0 bridgehead atoms. The van der Waals surface area contributed by atoms with Crippen LogP contribution >= 0.6 is 11.5 Å². The lowest BCUT2D eigenvalue weighted by Gasteiger charge is -2.46. The second kappa shape index (κ2) is 10.7. The highest BCUT2D eigenvalue weighted by molar-refractivity contribution is 7.13. The summed E-state index contributed by atoms with van der Waals surface area (Å²) < 4.78 is 50.6. The number of carbonyl (C=O) groups is 1. The van der Waals surface area contributed by atoms with Gasteiger partial charge in [-0.1, -0.05) is 30.8 Å². The lowest BCUT2D eigenvalue weighted by molar-refractivity contribution is -0.137. The lowest BCUT2D eigenvalue weighted by Crippen LogP contribution is -2.63. The highest BCUT2D eigenvalue weighted by Crippen LogP contribution is 2.33. The molecule has 196 valence electrons. The first kappa shape index (κ1) is 25.5. The topological polar surface area (TPSA) is 66.5 Å². The van der Waals surface area contributed by atoms with Gasteiger partial charge in [0.25, 0.3) is 0 Å². The Morgan fingerprint density at radius 1 is 1.11 bits per heavy atom. The molecule has 2 aromatic carbocycles. The first-order chi connectivity index (χ1) is 17.8. The zero-order valence-electron chi connectivity index (χ0n) is 20.3. The number of ether oxygens (including phenoxy) is 1. The van der Waals surface area contributed by atoms with Gasteiger partial charge in [0.1, 0.15) is 6.10 Å². The summed E-state index contributed by atoms with van der Waals surface area (Å²) in [6.45, 7) is 5.33. The number of carbonyl (C=O) groups excluding carboxylic acids is 1. The Kier molecular flexibility index (Phi) is 7.39. The van der Waals surface area contributed by atoms with E-state index in [1.807, 2.05) is 18.2 Å². The smallest absolute Gasteiger partial charge is 0.416 e. The van der Waals surface area contributed by atoms with Gasteiger partial charge in [0.2, 0.25) is 11.8 Å². The van der Waals surface area contributed by atoms with Crippen LogP contribution in [0.25, 0.3) is 15.8 Å². The number of fused-ring (bicyclic) bond motifs is 1. The molecule has 2 fully saturated rings. The van der Waals surface area contributed by atoms with Crippen molar-refractivity contribution in [1.29, 1.82) is 0 Å². The Labute approximate surface area is 217 Å². The molecule has 1 amide bonds. The maximum absolute atomic E-state index is 12.9. The molecule has 3 aromatic rings. The molecule has 0 spiro atoms. The standard InChI is InChI=1S/C27H29F3N4O2S/c1-17(18-5-4-6-19(13-18)27(28,29)30)31-14-25(35)32-20-15-34(16-20)21-9-11-22(12-10-21)36-26-23-7-2-3-8-24(23)37-33-26/h2-8,13,20-22,31H,1,9-12,14-16H2,(H,32,35). The van der Waals surface area contributed by atoms with Gasteiger partial charge in [-0.3, -0.25) is 9.69 Å². The van der Waals surface area contributed by atoms with Crippen LogP contribution < -0.4 is 15.4 Å². The largest absolute Gasteiger partial charge is 0.473 e. The fraction of sp³-hybridized carbons (Fsp3) is 0.407. The van der Waals surface area contributed by atoms with E-state index in [0.29, 0.717) is 11.6 Å². The van der Waals surface area contributed by atoms with E-state index >= 15 is 0 Å². The molecule has 1 saturated carbocycles. The number of hydrogen-bond donors (Lipinski definition) is 2. The van der Waals surface area contributed by atoms with Gasteiger partial charge in [-0.2, -0.15) is 17.5 Å². The van der Waals surface area contributed by atoms with Crippen LogP contribution in [0.1, 0.15) is 36.8 Å². The van der Waals surface area contributed by atoms with E-state index in [9.17, 15) is 18.0 Å². The Morgan fingerprint density at radius 2 is 1.86 bits per heavy atom. The van der Waals surface area contributed by atoms with Crippen molar-refractivity contribution in [2.75, 3.05) is 19.6 Å². The number of aromatic nitrogens is 1. The molecule has 1 aliphatic heterocycles. The van der Waals surface area contributed by atoms with Gasteiger partial charge in [-0.25, -0.2) is 0 Å². The van der Waals surface area contributed by atoms with Crippen molar-refractivity contribution in [3.05, 3.63) is 66.2 Å². The van der Waals surface area contributed by atoms with Gasteiger partial charge in [0.05, 0.1) is 28.2 Å². The highest BCUT2D eigenvalue weighted by atomic mass is 32.1. The predicted molar refractivity (Wildman–Crippen MR) is 138 cm³/mol. The molecule has 1 saturated heterocycles. The SMILES string of the molecule is C=C(NCC(=O)NC1CN(C2CCC(Oc3nsc4ccccc34)CC2)C1)c1cccc(C(F)(F)F)c1. The molecule has 5 rings (SSSR count). The van der Waals surface area contributed by atoms with Crippen molar-refractivity contribution in [3.63, 3.8) is 0 Å². The van der Waals surface area contributed by atoms with Crippen molar-refractivity contribution in [2.24, 2.45) is 0 Å². The summed E-state index contributed by atoms with van der Waals surface area (Å²) in [5.41, 5.74) is -0.162. The third-order valence-electron chi connectivity index (χ3n) is 7.06. The Hall–Kier alpha value is -3.11. The fourth-order valence-corrected chi connectivity index (χ4v) is 5.70. The van der Waals surface area contributed by atoms with Crippen molar-refractivity contribution in [2.45, 2.75) is 50.0 Å². The summed E-state index contributed by atoms with van der Waals surface area (Å²) in [6.07, 6.45) is -0.199. The molecule has 0 unspecified atom stereocenters. The lowest BCUT2D eigenvalue weighted by atomic mass is 9.89. The van der Waals surface area contributed by atoms with E-state index in [4.69, 9.17) is 4.74 Å². The quantitative estimate of drug-likeness (QED) is 0.426. The van der Waals surface area contributed by atoms with E-state index in [1.54, 1.807) is 0 Å². The molecular formula is C27H29F3N4O2S. The molecule has 2 N–H and O–H groups in total. The summed E-state index contributed by atoms with van der Waals surface area (Å²) in [6, 6.07) is 13.6. The maximum atomic E-state index is 12.9. The van der Waals surface area contributed by atoms with E-state index in [0.717, 1.165) is 66.9 Å². The zero-order valence-corrected chi connectivity index (χ0v) is 21.1. The van der Waals surface area contributed by atoms with Crippen LogP contribution in [0.4, 0.5) is 13.2 Å². The number of benzene rings is 2. The summed E-state index contributed by atoms with van der Waals surface area (Å²) in [4.78, 5) is 14.7. The molecule has 2 aliphatic rings. The maximum Gasteiger partial charge on any atom is 0.416 e. The molecule has 0 atom stereocenters. The minimum absolute atomic E-state index is 0.0423. The van der Waals surface area contributed by atoms with Gasteiger partial charge in [-0.05, 0) is 67.0 Å². The molecule has 1 aliphatic carbocycles. The zero-order chi connectivity index (χ0) is 26.0. The van der Waals surface area contributed by atoms with Crippen LogP contribution in [0.3, 0.4) is 0 Å². The first-order valence-corrected chi connectivity index (χ1v) is 13.2. The molecule has 37 heavy (non-hydrogen) atoms. The average Bonchev–Trinajstić information content (AvgIpc) is 3.27. The van der Waals surface area contributed by atoms with Gasteiger partial charge in [-0.15, -0.1) is 0 Å². The Morgan fingerprint density at radius 3 is 2.62 bits per heavy atom. The fourth-order valence-electron chi connectivity index (χ4n) is 4.99. The van der Waals surface area contributed by atoms with E-state index in [1.165, 1.54) is 23.7 Å². The third-order valence-corrected chi connectivity index (χ3v) is 7.87. The van der Waals surface area contributed by atoms with Gasteiger partial charge in [0.15, 0.2) is 0 Å². The Balaban J connectivity index is 1.01. The number of rotatable bonds is 8. The molecule has 6 nitrogen and oxygen atoms in total. The summed E-state index contributed by atoms with van der Waals surface area (Å²) in [7, 11) is 0. The average molecular weight is 531 g/mol. The number of nitrogens with one attached hydrogen (secondary N) is 2. The number of amides is 1. The second-order valence-corrected chi connectivity index (χ2v) is 10.5. The van der Waals surface area contributed by atoms with Crippen LogP contribution in [0.15, 0.2) is 55.1 Å². The number of nitrogens with zero attached hydrogens (tertiary/aromatic N) is 2. The molecule has 0 radical (unpaired) electrons. The van der Waals surface area contributed by atoms with Crippen molar-refractivity contribution >= 4 is 33.2 Å². The van der Waals surface area contributed by atoms with E-state index in [2.05, 4.69) is 32.6 Å². The molecule has 2 heterocycles. The van der Waals surface area contributed by atoms with E-state index < -0.39 is 11.7 Å². The van der Waals surface area contributed by atoms with Crippen molar-refractivity contribution in [3.8, 4) is 5.88 Å². The number of likely N-dealkylation sites (tertiary alicyclic amines) is 1. The Bertz CT molecular complexity index is 1260. The first-order valence-electron chi connectivity index (χ1n) is 12.4. The molecule has 10 heteroatoms. The van der Waals surface area contributed by atoms with Crippen LogP contribution in [-0.4, -0.2) is 53.0 Å². The second-order valence-electron chi connectivity index (χ2n) is 9.66. The molecule has 1 aromatic heterocycles. The van der Waals surface area contributed by atoms with Crippen LogP contribution in [0, 0.1) is 0 Å². The predicted octanol–water partition coefficient (Wildman–Crippen LogP) is 5.07. The van der Waals surface area contributed by atoms with Gasteiger partial charge >= 0.3 is 6.18 Å². The number of alkyl halides is 3. The van der Waals surface area contributed by atoms with E-state index in [-0.39, 0.29) is 30.3 Å². The molecular weight excluding hydrogens is 501 g/mol. The highest BCUT2D eigenvalue weighted by Gasteiger charge is 2.36. The van der Waals surface area contributed by atoms with Crippen LogP contribution in [0.5, 0.6) is 5.88 Å². The normalized spacial score (nSPS) is 20.8. The van der Waals surface area contributed by atoms with Crippen molar-refractivity contribution < 1.29 is 22.7 Å². The minimum Gasteiger partial charge on any atom is -0.473 e. The summed E-state index contributed by atoms with van der Waals surface area (Å²) in [5, 5.41) is 6.89. The third kappa shape index (κ3) is 6.07. The number of hydrogen-bond acceptors (Lipinski definition) is 6. The summed E-state index contributed by atoms with van der Waals surface area (Å²) in [5.74, 6) is 0.533. The van der Waals surface area contributed by atoms with Gasteiger partial charge < -0.3 is 15.4 Å². The summed E-state index contributed by atoms with van der Waals surface area (Å²) >= 11 is 1.46. The minimum atomic E-state index is -4.42. The monoisotopic (exact) mass is 530 g/mol.